The molecule has 2 heterocycles. The number of alkyl halides is 1. The molecule has 0 aliphatic carbocycles. The van der Waals surface area contributed by atoms with Gasteiger partial charge in [0.25, 0.3) is 9.88 Å². The molecule has 0 atom stereocenters. The summed E-state index contributed by atoms with van der Waals surface area (Å²) in [6.07, 6.45) is 0. The van der Waals surface area contributed by atoms with Gasteiger partial charge in [-0.2, -0.15) is 0 Å². The van der Waals surface area contributed by atoms with Crippen LogP contribution >= 0.6 is 15.9 Å². The number of halogens is 1. The van der Waals surface area contributed by atoms with E-state index >= 15 is 0 Å². The summed E-state index contributed by atoms with van der Waals surface area (Å²) in [6, 6.07) is 0. The maximum Gasteiger partial charge on any atom is 0.342 e. The number of carbonyl (C=O) groups excluding carboxylic acids is 2. The van der Waals surface area contributed by atoms with Crippen LogP contribution in [-0.4, -0.2) is 43.8 Å². The Kier molecular flexibility index (Phi) is 5.40. The van der Waals surface area contributed by atoms with Crippen molar-refractivity contribution in [2.75, 3.05) is 13.2 Å². The van der Waals surface area contributed by atoms with Crippen molar-refractivity contribution < 1.29 is 19.1 Å². The standard InChI is InChI=1S/C15H19BrN4O6/c1-6-25-12(22)15(16,13(23)26-7-2)11-17-9-8(18(11)3)10(21)20(5)14(24)19(9)4/h6-7H2,1-5H3. The van der Waals surface area contributed by atoms with Gasteiger partial charge in [-0.1, -0.05) is 15.9 Å². The van der Waals surface area contributed by atoms with Crippen LogP contribution in [0.1, 0.15) is 19.7 Å². The fourth-order valence-corrected chi connectivity index (χ4v) is 3.14. The van der Waals surface area contributed by atoms with Crippen molar-refractivity contribution in [3.05, 3.63) is 26.7 Å². The number of carbonyl (C=O) groups is 2. The zero-order valence-corrected chi connectivity index (χ0v) is 16.6. The molecule has 2 aromatic rings. The summed E-state index contributed by atoms with van der Waals surface area (Å²) in [5.74, 6) is -1.99. The molecule has 0 spiro atoms. The number of fused-ring (bicyclic) bond motifs is 1. The first kappa shape index (κ1) is 19.9. The number of imidazole rings is 1. The molecule has 0 saturated heterocycles. The molecule has 0 amide bonds. The molecule has 0 aromatic carbocycles. The van der Waals surface area contributed by atoms with E-state index in [1.807, 2.05) is 0 Å². The minimum Gasteiger partial charge on any atom is -0.464 e. The second kappa shape index (κ2) is 7.06. The monoisotopic (exact) mass is 430 g/mol. The van der Waals surface area contributed by atoms with Gasteiger partial charge in [0.15, 0.2) is 17.0 Å². The third-order valence-electron chi connectivity index (χ3n) is 3.90. The molecule has 0 saturated carbocycles. The highest BCUT2D eigenvalue weighted by Crippen LogP contribution is 2.35. The summed E-state index contributed by atoms with van der Waals surface area (Å²) >= 11 is 3.11. The van der Waals surface area contributed by atoms with Gasteiger partial charge >= 0.3 is 17.6 Å². The summed E-state index contributed by atoms with van der Waals surface area (Å²) in [7, 11) is 4.23. The van der Waals surface area contributed by atoms with Gasteiger partial charge in [-0.05, 0) is 13.8 Å². The van der Waals surface area contributed by atoms with Gasteiger partial charge in [-0.25, -0.2) is 19.4 Å². The molecule has 142 valence electrons. The third kappa shape index (κ3) is 2.75. The highest BCUT2D eigenvalue weighted by atomic mass is 79.9. The summed E-state index contributed by atoms with van der Waals surface area (Å²) < 4.78 is 11.3. The highest BCUT2D eigenvalue weighted by molar-refractivity contribution is 9.10. The topological polar surface area (TPSA) is 114 Å². The lowest BCUT2D eigenvalue weighted by Gasteiger charge is -2.22. The van der Waals surface area contributed by atoms with Gasteiger partial charge in [0, 0.05) is 21.1 Å². The molecule has 2 aromatic heterocycles. The fraction of sp³-hybridized carbons (Fsp3) is 0.533. The zero-order valence-electron chi connectivity index (χ0n) is 15.0. The lowest BCUT2D eigenvalue weighted by Crippen LogP contribution is -2.43. The van der Waals surface area contributed by atoms with E-state index in [0.717, 1.165) is 9.13 Å². The second-order valence-corrected chi connectivity index (χ2v) is 6.66. The molecule has 0 bridgehead atoms. The average Bonchev–Trinajstić information content (AvgIpc) is 2.95. The summed E-state index contributed by atoms with van der Waals surface area (Å²) in [5.41, 5.74) is -1.10. The molecule has 0 aliphatic rings. The van der Waals surface area contributed by atoms with E-state index < -0.39 is 27.5 Å². The predicted octanol–water partition coefficient (Wildman–Crippen LogP) is -0.313. The van der Waals surface area contributed by atoms with Crippen LogP contribution in [0.3, 0.4) is 0 Å². The average molecular weight is 431 g/mol. The van der Waals surface area contributed by atoms with E-state index in [4.69, 9.17) is 9.47 Å². The van der Waals surface area contributed by atoms with Gasteiger partial charge in [-0.15, -0.1) is 0 Å². The number of ether oxygens (including phenoxy) is 2. The summed E-state index contributed by atoms with van der Waals surface area (Å²) in [4.78, 5) is 53.9. The van der Waals surface area contributed by atoms with E-state index in [1.54, 1.807) is 13.8 Å². The van der Waals surface area contributed by atoms with E-state index in [0.29, 0.717) is 0 Å². The summed E-state index contributed by atoms with van der Waals surface area (Å²) in [5, 5.41) is 0. The van der Waals surface area contributed by atoms with Gasteiger partial charge in [0.2, 0.25) is 0 Å². The highest BCUT2D eigenvalue weighted by Gasteiger charge is 2.52. The fourth-order valence-electron chi connectivity index (χ4n) is 2.55. The van der Waals surface area contributed by atoms with Gasteiger partial charge in [0.05, 0.1) is 13.2 Å². The first-order valence-electron chi connectivity index (χ1n) is 7.79. The maximum atomic E-state index is 12.5. The molecule has 2 rings (SSSR count). The smallest absolute Gasteiger partial charge is 0.342 e. The normalized spacial score (nSPS) is 11.6. The molecular weight excluding hydrogens is 412 g/mol. The minimum absolute atomic E-state index is 0.0236. The molecular formula is C15H19BrN4O6. The van der Waals surface area contributed by atoms with Crippen LogP contribution < -0.4 is 11.2 Å². The van der Waals surface area contributed by atoms with E-state index in [1.165, 1.54) is 25.7 Å². The Morgan fingerprint density at radius 3 is 1.96 bits per heavy atom. The largest absolute Gasteiger partial charge is 0.464 e. The Labute approximate surface area is 156 Å². The number of hydrogen-bond acceptors (Lipinski definition) is 7. The maximum absolute atomic E-state index is 12.5. The predicted molar refractivity (Wildman–Crippen MR) is 95.1 cm³/mol. The van der Waals surface area contributed by atoms with Gasteiger partial charge in [0.1, 0.15) is 0 Å². The van der Waals surface area contributed by atoms with Crippen molar-refractivity contribution >= 4 is 39.0 Å². The van der Waals surface area contributed by atoms with Crippen molar-refractivity contribution in [3.63, 3.8) is 0 Å². The minimum atomic E-state index is -2.08. The van der Waals surface area contributed by atoms with Gasteiger partial charge < -0.3 is 14.0 Å². The molecule has 0 N–H and O–H groups in total. The van der Waals surface area contributed by atoms with Crippen molar-refractivity contribution in [1.29, 1.82) is 0 Å². The van der Waals surface area contributed by atoms with Crippen LogP contribution in [0.2, 0.25) is 0 Å². The van der Waals surface area contributed by atoms with Gasteiger partial charge in [-0.3, -0.25) is 13.9 Å². The van der Waals surface area contributed by atoms with E-state index in [9.17, 15) is 19.2 Å². The lowest BCUT2D eigenvalue weighted by atomic mass is 10.1. The van der Waals surface area contributed by atoms with Crippen LogP contribution in [0.25, 0.3) is 11.2 Å². The molecule has 0 fully saturated rings. The Morgan fingerprint density at radius 1 is 1.00 bits per heavy atom. The van der Waals surface area contributed by atoms with Crippen LogP contribution in [0.5, 0.6) is 0 Å². The lowest BCUT2D eigenvalue weighted by molar-refractivity contribution is -0.159. The first-order chi connectivity index (χ1) is 12.1. The number of aromatic nitrogens is 4. The van der Waals surface area contributed by atoms with Crippen molar-refractivity contribution in [2.24, 2.45) is 21.1 Å². The van der Waals surface area contributed by atoms with Crippen molar-refractivity contribution in [2.45, 2.75) is 18.2 Å². The van der Waals surface area contributed by atoms with Crippen LogP contribution in [0.15, 0.2) is 9.59 Å². The first-order valence-corrected chi connectivity index (χ1v) is 8.58. The van der Waals surface area contributed by atoms with Crippen LogP contribution in [-0.2, 0) is 44.5 Å². The number of esters is 2. The number of rotatable bonds is 5. The van der Waals surface area contributed by atoms with Crippen LogP contribution in [0.4, 0.5) is 0 Å². The quantitative estimate of drug-likeness (QED) is 0.362. The summed E-state index contributed by atoms with van der Waals surface area (Å²) in [6.45, 7) is 3.22. The SMILES string of the molecule is CCOC(=O)C(Br)(C(=O)OCC)c1nc2c(c(=O)n(C)c(=O)n2C)n1C. The van der Waals surface area contributed by atoms with Crippen molar-refractivity contribution in [1.82, 2.24) is 18.7 Å². The van der Waals surface area contributed by atoms with Crippen molar-refractivity contribution in [3.8, 4) is 0 Å². The second-order valence-electron chi connectivity index (χ2n) is 5.47. The van der Waals surface area contributed by atoms with E-state index in [2.05, 4.69) is 20.9 Å². The molecule has 10 nitrogen and oxygen atoms in total. The molecule has 0 unspecified atom stereocenters. The Balaban J connectivity index is 2.90. The third-order valence-corrected chi connectivity index (χ3v) is 4.90. The molecule has 11 heteroatoms. The number of hydrogen-bond donors (Lipinski definition) is 0. The number of aryl methyl sites for hydroxylation is 2. The Bertz CT molecular complexity index is 984. The Hall–Kier alpha value is -2.43. The Morgan fingerprint density at radius 2 is 1.50 bits per heavy atom. The zero-order chi connectivity index (χ0) is 19.8. The molecule has 26 heavy (non-hydrogen) atoms. The molecule has 0 aliphatic heterocycles. The van der Waals surface area contributed by atoms with Crippen LogP contribution in [0, 0.1) is 0 Å². The molecule has 0 radical (unpaired) electrons. The number of nitrogens with zero attached hydrogens (tertiary/aromatic N) is 4. The van der Waals surface area contributed by atoms with E-state index in [-0.39, 0.29) is 30.2 Å².